The van der Waals surface area contributed by atoms with E-state index in [9.17, 15) is 13.6 Å². The highest BCUT2D eigenvalue weighted by atomic mass is 19.3. The fourth-order valence-electron chi connectivity index (χ4n) is 1.66. The minimum absolute atomic E-state index is 0.0494. The monoisotopic (exact) mass is 253 g/mol. The van der Waals surface area contributed by atoms with E-state index in [1.54, 1.807) is 0 Å². The van der Waals surface area contributed by atoms with Crippen LogP contribution in [-0.2, 0) is 9.53 Å². The van der Waals surface area contributed by atoms with Crippen LogP contribution in [0.25, 0.3) is 0 Å². The van der Waals surface area contributed by atoms with Crippen LogP contribution in [0.5, 0.6) is 0 Å². The van der Waals surface area contributed by atoms with Crippen LogP contribution in [-0.4, -0.2) is 55.2 Å². The maximum atomic E-state index is 12.4. The van der Waals surface area contributed by atoms with Crippen molar-refractivity contribution in [3.63, 3.8) is 0 Å². The van der Waals surface area contributed by atoms with E-state index < -0.39 is 25.0 Å². The lowest BCUT2D eigenvalue weighted by Crippen LogP contribution is -2.45. The van der Waals surface area contributed by atoms with E-state index >= 15 is 0 Å². The van der Waals surface area contributed by atoms with Crippen LogP contribution in [0.3, 0.4) is 0 Å². The number of aliphatic hydroxyl groups is 1. The summed E-state index contributed by atoms with van der Waals surface area (Å²) in [6.45, 7) is 1.22. The predicted octanol–water partition coefficient (Wildman–Crippen LogP) is 1.28. The first-order chi connectivity index (χ1) is 8.06. The molecule has 0 aliphatic carbocycles. The van der Waals surface area contributed by atoms with E-state index in [2.05, 4.69) is 4.74 Å². The molecule has 0 radical (unpaired) electrons. The summed E-state index contributed by atoms with van der Waals surface area (Å²) in [5, 5.41) is 8.84. The number of carbonyl (C=O) groups is 1. The quantitative estimate of drug-likeness (QED) is 0.629. The Labute approximate surface area is 101 Å². The largest absolute Gasteiger partial charge is 0.468 e. The molecule has 0 spiro atoms. The highest BCUT2D eigenvalue weighted by Gasteiger charge is 2.27. The zero-order chi connectivity index (χ0) is 13.3. The molecule has 1 unspecified atom stereocenters. The van der Waals surface area contributed by atoms with E-state index in [0.717, 1.165) is 12.8 Å². The number of esters is 1. The molecule has 6 heteroatoms. The molecule has 0 aromatic rings. The first-order valence-corrected chi connectivity index (χ1v) is 5.77. The molecule has 0 aromatic heterocycles. The van der Waals surface area contributed by atoms with Gasteiger partial charge >= 0.3 is 5.97 Å². The maximum Gasteiger partial charge on any atom is 0.323 e. The van der Waals surface area contributed by atoms with Gasteiger partial charge in [-0.1, -0.05) is 19.8 Å². The number of aliphatic hydroxyl groups excluding tert-OH is 1. The number of unbranched alkanes of at least 4 members (excludes halogenated alkanes) is 1. The third-order valence-corrected chi connectivity index (χ3v) is 2.50. The van der Waals surface area contributed by atoms with Crippen molar-refractivity contribution in [2.24, 2.45) is 0 Å². The molecule has 17 heavy (non-hydrogen) atoms. The fourth-order valence-corrected chi connectivity index (χ4v) is 1.66. The number of nitrogens with zero attached hydrogens (tertiary/aromatic N) is 1. The van der Waals surface area contributed by atoms with Crippen molar-refractivity contribution in [1.29, 1.82) is 0 Å². The van der Waals surface area contributed by atoms with Gasteiger partial charge in [0.05, 0.1) is 20.3 Å². The van der Waals surface area contributed by atoms with Crippen LogP contribution in [0.4, 0.5) is 8.78 Å². The Hall–Kier alpha value is -0.750. The number of rotatable bonds is 9. The third kappa shape index (κ3) is 6.53. The number of methoxy groups -OCH3 is 1. The van der Waals surface area contributed by atoms with Crippen LogP contribution in [0.1, 0.15) is 26.2 Å². The lowest BCUT2D eigenvalue weighted by atomic mass is 10.1. The summed E-state index contributed by atoms with van der Waals surface area (Å²) in [5.74, 6) is -0.521. The Morgan fingerprint density at radius 2 is 2.12 bits per heavy atom. The molecular formula is C11H21F2NO3. The second-order valence-electron chi connectivity index (χ2n) is 3.79. The van der Waals surface area contributed by atoms with Crippen molar-refractivity contribution < 1.29 is 23.4 Å². The van der Waals surface area contributed by atoms with Crippen LogP contribution >= 0.6 is 0 Å². The Bertz CT molecular complexity index is 215. The average molecular weight is 253 g/mol. The summed E-state index contributed by atoms with van der Waals surface area (Å²) in [5.41, 5.74) is 0. The minimum atomic E-state index is -2.53. The average Bonchev–Trinajstić information content (AvgIpc) is 2.28. The zero-order valence-corrected chi connectivity index (χ0v) is 10.4. The molecule has 0 bridgehead atoms. The minimum Gasteiger partial charge on any atom is -0.468 e. The first-order valence-electron chi connectivity index (χ1n) is 5.77. The number of alkyl halides is 2. The SMILES string of the molecule is CCCCC(C(=O)OC)N(CCO)CC(F)F. The van der Waals surface area contributed by atoms with Gasteiger partial charge in [0.2, 0.25) is 0 Å². The van der Waals surface area contributed by atoms with Crippen molar-refractivity contribution in [2.45, 2.75) is 38.7 Å². The number of hydrogen-bond donors (Lipinski definition) is 1. The summed E-state index contributed by atoms with van der Waals surface area (Å²) in [6.07, 6.45) is -0.439. The molecule has 0 rings (SSSR count). The number of hydrogen-bond acceptors (Lipinski definition) is 4. The van der Waals surface area contributed by atoms with Gasteiger partial charge in [-0.3, -0.25) is 9.69 Å². The standard InChI is InChI=1S/C11H21F2NO3/c1-3-4-5-9(11(16)17-2)14(6-7-15)8-10(12)13/h9-10,15H,3-8H2,1-2H3. The molecule has 1 N–H and O–H groups in total. The van der Waals surface area contributed by atoms with Crippen LogP contribution in [0.2, 0.25) is 0 Å². The molecular weight excluding hydrogens is 232 g/mol. The Morgan fingerprint density at radius 1 is 1.47 bits per heavy atom. The molecule has 0 aliphatic rings. The van der Waals surface area contributed by atoms with Gasteiger partial charge in [-0.05, 0) is 6.42 Å². The van der Waals surface area contributed by atoms with Gasteiger partial charge < -0.3 is 9.84 Å². The third-order valence-electron chi connectivity index (χ3n) is 2.50. The lowest BCUT2D eigenvalue weighted by Gasteiger charge is -2.28. The molecule has 102 valence electrons. The van der Waals surface area contributed by atoms with E-state index in [1.165, 1.54) is 12.0 Å². The summed E-state index contributed by atoms with van der Waals surface area (Å²) >= 11 is 0. The molecule has 0 aromatic carbocycles. The van der Waals surface area contributed by atoms with Crippen molar-refractivity contribution in [1.82, 2.24) is 4.90 Å². The predicted molar refractivity (Wildman–Crippen MR) is 60.0 cm³/mol. The second-order valence-corrected chi connectivity index (χ2v) is 3.79. The number of halogens is 2. The zero-order valence-electron chi connectivity index (χ0n) is 10.4. The van der Waals surface area contributed by atoms with Gasteiger partial charge in [0.25, 0.3) is 6.43 Å². The van der Waals surface area contributed by atoms with Crippen LogP contribution in [0, 0.1) is 0 Å². The summed E-state index contributed by atoms with van der Waals surface area (Å²) in [6, 6.07) is -0.693. The molecule has 0 saturated carbocycles. The van der Waals surface area contributed by atoms with E-state index in [4.69, 9.17) is 5.11 Å². The molecule has 0 fully saturated rings. The highest BCUT2D eigenvalue weighted by molar-refractivity contribution is 5.75. The lowest BCUT2D eigenvalue weighted by molar-refractivity contribution is -0.148. The summed E-state index contributed by atoms with van der Waals surface area (Å²) < 4.78 is 29.4. The summed E-state index contributed by atoms with van der Waals surface area (Å²) in [4.78, 5) is 12.8. The summed E-state index contributed by atoms with van der Waals surface area (Å²) in [7, 11) is 1.24. The Balaban J connectivity index is 4.59. The molecule has 4 nitrogen and oxygen atoms in total. The van der Waals surface area contributed by atoms with Gasteiger partial charge in [-0.15, -0.1) is 0 Å². The molecule has 0 saturated heterocycles. The smallest absolute Gasteiger partial charge is 0.323 e. The van der Waals surface area contributed by atoms with Gasteiger partial charge in [0.1, 0.15) is 6.04 Å². The molecule has 0 heterocycles. The highest BCUT2D eigenvalue weighted by Crippen LogP contribution is 2.12. The van der Waals surface area contributed by atoms with E-state index in [0.29, 0.717) is 6.42 Å². The van der Waals surface area contributed by atoms with E-state index in [-0.39, 0.29) is 13.2 Å². The van der Waals surface area contributed by atoms with Crippen LogP contribution in [0.15, 0.2) is 0 Å². The molecule has 1 atom stereocenters. The van der Waals surface area contributed by atoms with Gasteiger partial charge in [-0.25, -0.2) is 8.78 Å². The van der Waals surface area contributed by atoms with Crippen molar-refractivity contribution in [2.75, 3.05) is 26.8 Å². The molecule has 0 amide bonds. The maximum absolute atomic E-state index is 12.4. The van der Waals surface area contributed by atoms with Gasteiger partial charge in [-0.2, -0.15) is 0 Å². The molecule has 0 aliphatic heterocycles. The fraction of sp³-hybridized carbons (Fsp3) is 0.909. The Kier molecular flexibility index (Phi) is 8.89. The van der Waals surface area contributed by atoms with Crippen molar-refractivity contribution in [3.8, 4) is 0 Å². The first kappa shape index (κ1) is 16.2. The van der Waals surface area contributed by atoms with Crippen LogP contribution < -0.4 is 0 Å². The normalized spacial score (nSPS) is 13.1. The van der Waals surface area contributed by atoms with Crippen molar-refractivity contribution in [3.05, 3.63) is 0 Å². The second kappa shape index (κ2) is 9.30. The van der Waals surface area contributed by atoms with Crippen molar-refractivity contribution >= 4 is 5.97 Å². The topological polar surface area (TPSA) is 49.8 Å². The number of carbonyl (C=O) groups excluding carboxylic acids is 1. The van der Waals surface area contributed by atoms with E-state index in [1.807, 2.05) is 6.92 Å². The number of ether oxygens (including phenoxy) is 1. The van der Waals surface area contributed by atoms with Gasteiger partial charge in [0.15, 0.2) is 0 Å². The Morgan fingerprint density at radius 3 is 2.53 bits per heavy atom. The van der Waals surface area contributed by atoms with Gasteiger partial charge in [0, 0.05) is 6.54 Å².